The maximum absolute atomic E-state index is 12.0. The van der Waals surface area contributed by atoms with Gasteiger partial charge >= 0.3 is 0 Å². The number of likely N-dealkylation sites (tertiary alicyclic amines) is 1. The molecule has 1 N–H and O–H groups in total. The van der Waals surface area contributed by atoms with E-state index in [0.29, 0.717) is 19.5 Å². The second-order valence-corrected chi connectivity index (χ2v) is 4.52. The van der Waals surface area contributed by atoms with Gasteiger partial charge in [0.05, 0.1) is 12.5 Å². The van der Waals surface area contributed by atoms with Crippen LogP contribution in [-0.2, 0) is 9.59 Å². The largest absolute Gasteiger partial charge is 0.395 e. The first-order valence-electron chi connectivity index (χ1n) is 6.23. The number of carbonyl (C=O) groups is 2. The lowest BCUT2D eigenvalue weighted by Crippen LogP contribution is -2.46. The van der Waals surface area contributed by atoms with Crippen molar-refractivity contribution in [2.24, 2.45) is 5.92 Å². The van der Waals surface area contributed by atoms with Gasteiger partial charge in [0.2, 0.25) is 11.8 Å². The fraction of sp³-hybridized carbons (Fsp3) is 0.833. The Hall–Kier alpha value is -1.10. The molecule has 1 heterocycles. The van der Waals surface area contributed by atoms with Crippen LogP contribution in [0, 0.1) is 5.92 Å². The molecule has 1 unspecified atom stereocenters. The number of likely N-dealkylation sites (N-methyl/N-ethyl adjacent to an activating group) is 1. The number of piperidine rings is 1. The van der Waals surface area contributed by atoms with E-state index in [2.05, 4.69) is 0 Å². The first-order chi connectivity index (χ1) is 8.10. The van der Waals surface area contributed by atoms with E-state index in [1.165, 1.54) is 0 Å². The van der Waals surface area contributed by atoms with Gasteiger partial charge in [-0.15, -0.1) is 0 Å². The van der Waals surface area contributed by atoms with Crippen molar-refractivity contribution in [3.05, 3.63) is 0 Å². The summed E-state index contributed by atoms with van der Waals surface area (Å²) in [5.74, 6) is 0.0516. The summed E-state index contributed by atoms with van der Waals surface area (Å²) in [5, 5.41) is 8.80. The lowest BCUT2D eigenvalue weighted by Gasteiger charge is -2.33. The molecule has 0 aliphatic carbocycles. The number of aliphatic hydroxyl groups is 1. The zero-order valence-corrected chi connectivity index (χ0v) is 10.7. The van der Waals surface area contributed by atoms with Crippen LogP contribution < -0.4 is 0 Å². The van der Waals surface area contributed by atoms with Crippen molar-refractivity contribution < 1.29 is 14.7 Å². The molecule has 1 aliphatic heterocycles. The molecule has 0 radical (unpaired) electrons. The Morgan fingerprint density at radius 3 is 2.76 bits per heavy atom. The average Bonchev–Trinajstić information content (AvgIpc) is 2.37. The van der Waals surface area contributed by atoms with E-state index in [9.17, 15) is 9.59 Å². The van der Waals surface area contributed by atoms with Crippen molar-refractivity contribution in [2.75, 3.05) is 33.3 Å². The summed E-state index contributed by atoms with van der Waals surface area (Å²) in [4.78, 5) is 26.9. The first kappa shape index (κ1) is 14.0. The fourth-order valence-electron chi connectivity index (χ4n) is 2.20. The van der Waals surface area contributed by atoms with Crippen molar-refractivity contribution in [3.8, 4) is 0 Å². The van der Waals surface area contributed by atoms with Crippen molar-refractivity contribution in [1.82, 2.24) is 9.80 Å². The number of amides is 2. The highest BCUT2D eigenvalue weighted by molar-refractivity contribution is 5.81. The van der Waals surface area contributed by atoms with Gasteiger partial charge in [0.1, 0.15) is 0 Å². The highest BCUT2D eigenvalue weighted by Crippen LogP contribution is 2.19. The second-order valence-electron chi connectivity index (χ2n) is 4.52. The molecule has 98 valence electrons. The second kappa shape index (κ2) is 6.59. The van der Waals surface area contributed by atoms with Crippen molar-refractivity contribution in [1.29, 1.82) is 0 Å². The zero-order valence-electron chi connectivity index (χ0n) is 10.7. The Morgan fingerprint density at radius 2 is 2.18 bits per heavy atom. The molecule has 1 atom stereocenters. The summed E-state index contributed by atoms with van der Waals surface area (Å²) in [6.07, 6.45) is 2.21. The van der Waals surface area contributed by atoms with Crippen LogP contribution in [0.25, 0.3) is 0 Å². The molecule has 0 aromatic heterocycles. The molecule has 0 saturated carbocycles. The normalized spacial score (nSPS) is 20.2. The molecule has 0 bridgehead atoms. The number of nitrogens with zero attached hydrogens (tertiary/aromatic N) is 2. The van der Waals surface area contributed by atoms with Crippen LogP contribution in [0.4, 0.5) is 0 Å². The van der Waals surface area contributed by atoms with E-state index in [4.69, 9.17) is 5.11 Å². The average molecular weight is 242 g/mol. The molecule has 0 spiro atoms. The predicted octanol–water partition coefficient (Wildman–Crippen LogP) is 0.0857. The minimum atomic E-state index is -0.101. The third-order valence-electron chi connectivity index (χ3n) is 3.24. The summed E-state index contributed by atoms with van der Waals surface area (Å²) < 4.78 is 0. The van der Waals surface area contributed by atoms with Crippen molar-refractivity contribution in [2.45, 2.75) is 26.2 Å². The Labute approximate surface area is 102 Å². The lowest BCUT2D eigenvalue weighted by molar-refractivity contribution is -0.140. The zero-order chi connectivity index (χ0) is 12.8. The molecule has 1 rings (SSSR count). The quantitative estimate of drug-likeness (QED) is 0.760. The molecule has 5 nitrogen and oxygen atoms in total. The Bertz CT molecular complexity index is 281. The third kappa shape index (κ3) is 3.70. The SMILES string of the molecule is CCC(=O)N1CCCC(C(=O)N(C)CCO)C1. The maximum Gasteiger partial charge on any atom is 0.227 e. The molecule has 1 saturated heterocycles. The van der Waals surface area contributed by atoms with Crippen LogP contribution in [0.1, 0.15) is 26.2 Å². The highest BCUT2D eigenvalue weighted by atomic mass is 16.3. The van der Waals surface area contributed by atoms with E-state index in [1.54, 1.807) is 16.8 Å². The van der Waals surface area contributed by atoms with Crippen molar-refractivity contribution >= 4 is 11.8 Å². The summed E-state index contributed by atoms with van der Waals surface area (Å²) in [6.45, 7) is 3.47. The predicted molar refractivity (Wildman–Crippen MR) is 64.3 cm³/mol. The van der Waals surface area contributed by atoms with E-state index in [0.717, 1.165) is 19.4 Å². The molecule has 0 aromatic carbocycles. The van der Waals surface area contributed by atoms with Gasteiger partial charge in [-0.3, -0.25) is 9.59 Å². The topological polar surface area (TPSA) is 60.9 Å². The lowest BCUT2D eigenvalue weighted by atomic mass is 9.96. The molecule has 1 fully saturated rings. The molecule has 5 heteroatoms. The number of hydrogen-bond donors (Lipinski definition) is 1. The molecule has 0 aromatic rings. The van der Waals surface area contributed by atoms with Crippen LogP contribution in [0.15, 0.2) is 0 Å². The van der Waals surface area contributed by atoms with Gasteiger partial charge in [-0.2, -0.15) is 0 Å². The number of hydrogen-bond acceptors (Lipinski definition) is 3. The Morgan fingerprint density at radius 1 is 1.47 bits per heavy atom. The summed E-state index contributed by atoms with van der Waals surface area (Å²) in [5.41, 5.74) is 0. The number of rotatable bonds is 4. The molecular weight excluding hydrogens is 220 g/mol. The van der Waals surface area contributed by atoms with Crippen LogP contribution in [-0.4, -0.2) is 60.0 Å². The van der Waals surface area contributed by atoms with Crippen LogP contribution >= 0.6 is 0 Å². The van der Waals surface area contributed by atoms with Gasteiger partial charge in [0.15, 0.2) is 0 Å². The number of aliphatic hydroxyl groups excluding tert-OH is 1. The minimum Gasteiger partial charge on any atom is -0.395 e. The molecule has 1 aliphatic rings. The smallest absolute Gasteiger partial charge is 0.227 e. The fourth-order valence-corrected chi connectivity index (χ4v) is 2.20. The van der Waals surface area contributed by atoms with E-state index < -0.39 is 0 Å². The van der Waals surface area contributed by atoms with Crippen LogP contribution in [0.2, 0.25) is 0 Å². The third-order valence-corrected chi connectivity index (χ3v) is 3.24. The monoisotopic (exact) mass is 242 g/mol. The van der Waals surface area contributed by atoms with Gasteiger partial charge in [-0.25, -0.2) is 0 Å². The van der Waals surface area contributed by atoms with Crippen molar-refractivity contribution in [3.63, 3.8) is 0 Å². The standard InChI is InChI=1S/C12H22N2O3/c1-3-11(16)14-6-4-5-10(9-14)12(17)13(2)7-8-15/h10,15H,3-9H2,1-2H3. The highest BCUT2D eigenvalue weighted by Gasteiger charge is 2.29. The first-order valence-corrected chi connectivity index (χ1v) is 6.23. The van der Waals surface area contributed by atoms with Gasteiger partial charge in [-0.05, 0) is 12.8 Å². The maximum atomic E-state index is 12.0. The molecule has 2 amide bonds. The van der Waals surface area contributed by atoms with Gasteiger partial charge in [0, 0.05) is 33.1 Å². The van der Waals surface area contributed by atoms with E-state index >= 15 is 0 Å². The van der Waals surface area contributed by atoms with Gasteiger partial charge < -0.3 is 14.9 Å². The van der Waals surface area contributed by atoms with Gasteiger partial charge in [0.25, 0.3) is 0 Å². The van der Waals surface area contributed by atoms with Gasteiger partial charge in [-0.1, -0.05) is 6.92 Å². The summed E-state index contributed by atoms with van der Waals surface area (Å²) >= 11 is 0. The Kier molecular flexibility index (Phi) is 5.41. The summed E-state index contributed by atoms with van der Waals surface area (Å²) in [7, 11) is 1.69. The van der Waals surface area contributed by atoms with E-state index in [1.807, 2.05) is 6.92 Å². The van der Waals surface area contributed by atoms with Crippen LogP contribution in [0.5, 0.6) is 0 Å². The van der Waals surface area contributed by atoms with Crippen LogP contribution in [0.3, 0.4) is 0 Å². The number of carbonyl (C=O) groups excluding carboxylic acids is 2. The summed E-state index contributed by atoms with van der Waals surface area (Å²) in [6, 6.07) is 0. The minimum absolute atomic E-state index is 0.0213. The molecular formula is C12H22N2O3. The Balaban J connectivity index is 2.54. The molecule has 17 heavy (non-hydrogen) atoms. The van der Waals surface area contributed by atoms with E-state index in [-0.39, 0.29) is 24.3 Å².